The first-order chi connectivity index (χ1) is 13.2. The number of ether oxygens (including phenoxy) is 1. The number of phenolic OH excluding ortho intramolecular Hbond substituents is 1. The topological polar surface area (TPSA) is 83.4 Å². The van der Waals surface area contributed by atoms with Crippen LogP contribution in [0.3, 0.4) is 0 Å². The maximum absolute atomic E-state index is 12.4. The summed E-state index contributed by atoms with van der Waals surface area (Å²) in [6.45, 7) is 7.05. The van der Waals surface area contributed by atoms with Gasteiger partial charge in [-0.25, -0.2) is 0 Å². The van der Waals surface area contributed by atoms with Crippen LogP contribution < -0.4 is 10.1 Å². The van der Waals surface area contributed by atoms with Crippen LogP contribution >= 0.6 is 22.6 Å². The molecule has 1 aromatic rings. The summed E-state index contributed by atoms with van der Waals surface area (Å²) < 4.78 is 4.46. The molecule has 6 heteroatoms. The summed E-state index contributed by atoms with van der Waals surface area (Å²) in [4.78, 5) is 12.4. The van der Waals surface area contributed by atoms with E-state index in [4.69, 9.17) is 4.74 Å². The molecule has 0 radical (unpaired) electrons. The largest absolute Gasteiger partial charge is 0.504 e. The fourth-order valence-electron chi connectivity index (χ4n) is 4.16. The fraction of sp³-hybridized carbons (Fsp3) is 0.682. The first-order valence-corrected chi connectivity index (χ1v) is 11.4. The summed E-state index contributed by atoms with van der Waals surface area (Å²) in [6.07, 6.45) is 5.52. The summed E-state index contributed by atoms with van der Waals surface area (Å²) >= 11 is 2.11. The number of phenols is 1. The lowest BCUT2D eigenvalue weighted by molar-refractivity contribution is -0.669. The van der Waals surface area contributed by atoms with Gasteiger partial charge in [-0.3, -0.25) is 4.79 Å². The number of quaternary nitrogens is 1. The van der Waals surface area contributed by atoms with Gasteiger partial charge in [0.25, 0.3) is 0 Å². The standard InChI is InChI=1S/C19H26INO4.C3H8/c1-12-3-6-15(23)17(25-2)16(12)18(9-10-21-13-4-5-13)11-14(22)7-8-19(18,20)24;1-3-2/h3,6,13,21,23-24H,4-5,7-11H2,1-2H3;3H2,1-2H3/p+1/t18-,19?;/m1./s1. The van der Waals surface area contributed by atoms with Gasteiger partial charge in [-0.05, 0) is 47.6 Å². The molecule has 0 bridgehead atoms. The van der Waals surface area contributed by atoms with Gasteiger partial charge in [0, 0.05) is 43.1 Å². The van der Waals surface area contributed by atoms with Crippen molar-refractivity contribution in [3.05, 3.63) is 23.3 Å². The summed E-state index contributed by atoms with van der Waals surface area (Å²) in [6, 6.07) is 4.13. The molecular weight excluding hydrogens is 469 g/mol. The zero-order valence-corrected chi connectivity index (χ0v) is 19.7. The number of aliphatic hydroxyl groups is 1. The molecule has 158 valence electrons. The average molecular weight is 504 g/mol. The minimum absolute atomic E-state index is 0.0545. The smallest absolute Gasteiger partial charge is 0.164 e. The van der Waals surface area contributed by atoms with Crippen LogP contribution in [-0.4, -0.2) is 39.3 Å². The van der Waals surface area contributed by atoms with Crippen LogP contribution in [0.5, 0.6) is 11.5 Å². The Labute approximate surface area is 182 Å². The van der Waals surface area contributed by atoms with Crippen LogP contribution in [-0.2, 0) is 10.2 Å². The molecule has 1 aromatic carbocycles. The van der Waals surface area contributed by atoms with Crippen LogP contribution in [0.2, 0.25) is 0 Å². The van der Waals surface area contributed by atoms with Gasteiger partial charge >= 0.3 is 0 Å². The molecule has 1 unspecified atom stereocenters. The van der Waals surface area contributed by atoms with Crippen molar-refractivity contribution in [2.24, 2.45) is 0 Å². The summed E-state index contributed by atoms with van der Waals surface area (Å²) in [5.74, 6) is 0.604. The van der Waals surface area contributed by atoms with Crippen molar-refractivity contribution >= 4 is 28.4 Å². The van der Waals surface area contributed by atoms with Gasteiger partial charge in [0.2, 0.25) is 0 Å². The molecule has 2 fully saturated rings. The van der Waals surface area contributed by atoms with E-state index in [0.717, 1.165) is 17.7 Å². The lowest BCUT2D eigenvalue weighted by Crippen LogP contribution is -2.86. The van der Waals surface area contributed by atoms with E-state index in [-0.39, 0.29) is 18.0 Å². The van der Waals surface area contributed by atoms with Gasteiger partial charge in [-0.1, -0.05) is 26.3 Å². The van der Waals surface area contributed by atoms with E-state index in [0.29, 0.717) is 31.1 Å². The van der Waals surface area contributed by atoms with Crippen LogP contribution in [0.15, 0.2) is 12.1 Å². The predicted octanol–water partition coefficient (Wildman–Crippen LogP) is 3.36. The first kappa shape index (κ1) is 23.4. The van der Waals surface area contributed by atoms with Crippen LogP contribution in [0.1, 0.15) is 69.9 Å². The van der Waals surface area contributed by atoms with Crippen molar-refractivity contribution in [2.75, 3.05) is 13.7 Å². The molecule has 0 heterocycles. The third kappa shape index (κ3) is 5.00. The second-order valence-electron chi connectivity index (χ2n) is 8.19. The summed E-state index contributed by atoms with van der Waals surface area (Å²) in [5, 5.41) is 24.0. The molecule has 2 saturated carbocycles. The number of carbonyl (C=O) groups is 1. The second-order valence-corrected chi connectivity index (χ2v) is 9.97. The Morgan fingerprint density at radius 2 is 1.96 bits per heavy atom. The molecule has 3 rings (SSSR count). The Bertz CT molecular complexity index is 687. The van der Waals surface area contributed by atoms with Gasteiger partial charge in [-0.2, -0.15) is 0 Å². The van der Waals surface area contributed by atoms with Gasteiger partial charge in [0.15, 0.2) is 11.5 Å². The number of hydrogen-bond donors (Lipinski definition) is 3. The number of Topliss-reactive ketones (excluding diaryl/α,β-unsaturated/α-hetero) is 1. The monoisotopic (exact) mass is 504 g/mol. The molecule has 2 aliphatic carbocycles. The molecule has 0 aromatic heterocycles. The molecule has 2 atom stereocenters. The number of aryl methyl sites for hydroxylation is 1. The Balaban J connectivity index is 0.000000878. The van der Waals surface area contributed by atoms with Crippen molar-refractivity contribution in [3.8, 4) is 11.5 Å². The molecule has 0 saturated heterocycles. The Kier molecular flexibility index (Phi) is 8.16. The van der Waals surface area contributed by atoms with E-state index >= 15 is 0 Å². The third-order valence-corrected chi connectivity index (χ3v) is 7.26. The Morgan fingerprint density at radius 1 is 1.32 bits per heavy atom. The zero-order chi connectivity index (χ0) is 20.9. The van der Waals surface area contributed by atoms with Crippen molar-refractivity contribution in [3.63, 3.8) is 0 Å². The number of aromatic hydroxyl groups is 1. The van der Waals surface area contributed by atoms with Crippen LogP contribution in [0.4, 0.5) is 0 Å². The number of halogens is 1. The van der Waals surface area contributed by atoms with Crippen LogP contribution in [0, 0.1) is 6.92 Å². The third-order valence-electron chi connectivity index (χ3n) is 5.69. The van der Waals surface area contributed by atoms with E-state index in [9.17, 15) is 15.0 Å². The zero-order valence-electron chi connectivity index (χ0n) is 17.6. The van der Waals surface area contributed by atoms with Crippen molar-refractivity contribution in [1.82, 2.24) is 0 Å². The highest BCUT2D eigenvalue weighted by atomic mass is 127. The maximum atomic E-state index is 12.4. The Morgan fingerprint density at radius 3 is 2.54 bits per heavy atom. The molecule has 0 amide bonds. The van der Waals surface area contributed by atoms with Crippen LogP contribution in [0.25, 0.3) is 0 Å². The van der Waals surface area contributed by atoms with Gasteiger partial charge in [-0.15, -0.1) is 0 Å². The maximum Gasteiger partial charge on any atom is 0.164 e. The summed E-state index contributed by atoms with van der Waals surface area (Å²) in [7, 11) is 1.53. The van der Waals surface area contributed by atoms with E-state index in [2.05, 4.69) is 41.8 Å². The number of ketones is 1. The SMILES string of the molecule is CCC.COc1c(O)ccc(C)c1[C@@]1(CC[NH2+]C2CC2)CC(=O)CCC1(O)I. The number of rotatable bonds is 6. The molecule has 2 aliphatic rings. The number of methoxy groups -OCH3 is 1. The number of nitrogens with two attached hydrogens (primary N) is 1. The highest BCUT2D eigenvalue weighted by Gasteiger charge is 2.56. The fourth-order valence-corrected chi connectivity index (χ4v) is 5.16. The predicted molar refractivity (Wildman–Crippen MR) is 119 cm³/mol. The van der Waals surface area contributed by atoms with Crippen molar-refractivity contribution in [2.45, 2.75) is 80.8 Å². The highest BCUT2D eigenvalue weighted by Crippen LogP contribution is 2.55. The lowest BCUT2D eigenvalue weighted by Gasteiger charge is -2.48. The normalized spacial score (nSPS) is 27.1. The molecule has 0 spiro atoms. The quantitative estimate of drug-likeness (QED) is 0.410. The van der Waals surface area contributed by atoms with E-state index in [1.807, 2.05) is 13.0 Å². The van der Waals surface area contributed by atoms with Gasteiger partial charge in [0.05, 0.1) is 19.7 Å². The first-order valence-electron chi connectivity index (χ1n) is 10.4. The second kappa shape index (κ2) is 9.76. The number of carbonyl (C=O) groups excluding carboxylic acids is 1. The number of hydrogen-bond acceptors (Lipinski definition) is 4. The minimum atomic E-state index is -1.05. The van der Waals surface area contributed by atoms with Gasteiger partial charge in [0.1, 0.15) is 9.39 Å². The van der Waals surface area contributed by atoms with Crippen molar-refractivity contribution < 1.29 is 25.1 Å². The summed E-state index contributed by atoms with van der Waals surface area (Å²) in [5.41, 5.74) is 0.970. The molecule has 4 N–H and O–H groups in total. The Hall–Kier alpha value is -0.860. The molecule has 28 heavy (non-hydrogen) atoms. The average Bonchev–Trinajstić information content (AvgIpc) is 3.45. The van der Waals surface area contributed by atoms with E-state index < -0.39 is 9.02 Å². The van der Waals surface area contributed by atoms with E-state index in [1.54, 1.807) is 6.07 Å². The lowest BCUT2D eigenvalue weighted by atomic mass is 9.63. The van der Waals surface area contributed by atoms with E-state index in [1.165, 1.54) is 26.4 Å². The number of benzene rings is 1. The molecule has 0 aliphatic heterocycles. The molecular formula is C22H35INO4+. The van der Waals surface area contributed by atoms with Crippen molar-refractivity contribution in [1.29, 1.82) is 0 Å². The van der Waals surface area contributed by atoms with Gasteiger partial charge < -0.3 is 20.3 Å². The minimum Gasteiger partial charge on any atom is -0.504 e. The highest BCUT2D eigenvalue weighted by molar-refractivity contribution is 14.1. The number of alkyl halides is 1. The molecule has 5 nitrogen and oxygen atoms in total.